The van der Waals surface area contributed by atoms with Crippen molar-refractivity contribution >= 4 is 0 Å². The fraction of sp³-hybridized carbons (Fsp3) is 0.333. The number of aliphatic hydroxyl groups is 1. The normalized spacial score (nSPS) is 30.8. The van der Waals surface area contributed by atoms with Gasteiger partial charge in [-0.25, -0.2) is 0 Å². The van der Waals surface area contributed by atoms with Gasteiger partial charge in [-0.15, -0.1) is 6.58 Å². The van der Waals surface area contributed by atoms with Crippen molar-refractivity contribution in [1.82, 2.24) is 5.32 Å². The fourth-order valence-corrected chi connectivity index (χ4v) is 3.73. The first-order valence-electron chi connectivity index (χ1n) is 8.33. The highest BCUT2D eigenvalue weighted by molar-refractivity contribution is 5.26. The lowest BCUT2D eigenvalue weighted by Gasteiger charge is -2.47. The Hall–Kier alpha value is -1.90. The molecule has 0 aromatic heterocycles. The molecule has 1 aliphatic heterocycles. The number of rotatable bonds is 4. The Kier molecular flexibility index (Phi) is 4.65. The molecule has 0 radical (unpaired) electrons. The highest BCUT2D eigenvalue weighted by Crippen LogP contribution is 2.44. The Bertz CT molecular complexity index is 639. The van der Waals surface area contributed by atoms with Gasteiger partial charge in [-0.2, -0.15) is 0 Å². The lowest BCUT2D eigenvalue weighted by Crippen LogP contribution is -2.51. The first-order valence-corrected chi connectivity index (χ1v) is 8.33. The van der Waals surface area contributed by atoms with Crippen LogP contribution in [0.2, 0.25) is 0 Å². The van der Waals surface area contributed by atoms with Crippen molar-refractivity contribution in [2.24, 2.45) is 5.92 Å². The molecule has 0 saturated carbocycles. The summed E-state index contributed by atoms with van der Waals surface area (Å²) in [5.74, 6) is 0.114. The van der Waals surface area contributed by atoms with Crippen LogP contribution in [0.5, 0.6) is 0 Å². The van der Waals surface area contributed by atoms with E-state index < -0.39 is 5.60 Å². The summed E-state index contributed by atoms with van der Waals surface area (Å²) in [6, 6.07) is 21.1. The zero-order valence-corrected chi connectivity index (χ0v) is 13.7. The first-order chi connectivity index (χ1) is 11.1. The van der Waals surface area contributed by atoms with E-state index in [0.717, 1.165) is 0 Å². The molecule has 120 valence electrons. The molecule has 0 amide bonds. The van der Waals surface area contributed by atoms with Gasteiger partial charge in [0.25, 0.3) is 0 Å². The zero-order valence-electron chi connectivity index (χ0n) is 13.7. The number of nitrogens with one attached hydrogen (secondary N) is 1. The van der Waals surface area contributed by atoms with Gasteiger partial charge in [0, 0.05) is 18.0 Å². The molecule has 4 atom stereocenters. The largest absolute Gasteiger partial charge is 0.389 e. The van der Waals surface area contributed by atoms with Gasteiger partial charge < -0.3 is 10.4 Å². The molecule has 3 rings (SSSR count). The van der Waals surface area contributed by atoms with Gasteiger partial charge in [0.2, 0.25) is 0 Å². The second-order valence-corrected chi connectivity index (χ2v) is 6.61. The average Bonchev–Trinajstić information content (AvgIpc) is 2.59. The van der Waals surface area contributed by atoms with E-state index in [1.807, 2.05) is 18.2 Å². The van der Waals surface area contributed by atoms with E-state index in [2.05, 4.69) is 67.4 Å². The molecule has 1 heterocycles. The van der Waals surface area contributed by atoms with Gasteiger partial charge in [0.1, 0.15) is 0 Å². The van der Waals surface area contributed by atoms with E-state index in [9.17, 15) is 5.11 Å². The topological polar surface area (TPSA) is 32.3 Å². The van der Waals surface area contributed by atoms with Crippen molar-refractivity contribution in [2.45, 2.75) is 37.5 Å². The van der Waals surface area contributed by atoms with Crippen LogP contribution in [0, 0.1) is 5.92 Å². The van der Waals surface area contributed by atoms with Gasteiger partial charge in [0.15, 0.2) is 0 Å². The van der Waals surface area contributed by atoms with Crippen molar-refractivity contribution in [3.8, 4) is 0 Å². The predicted molar refractivity (Wildman–Crippen MR) is 95.0 cm³/mol. The average molecular weight is 307 g/mol. The molecule has 2 N–H and O–H groups in total. The van der Waals surface area contributed by atoms with Crippen molar-refractivity contribution in [2.75, 3.05) is 0 Å². The summed E-state index contributed by atoms with van der Waals surface area (Å²) < 4.78 is 0. The van der Waals surface area contributed by atoms with E-state index in [-0.39, 0.29) is 18.0 Å². The second kappa shape index (κ2) is 6.69. The lowest BCUT2D eigenvalue weighted by atomic mass is 9.70. The van der Waals surface area contributed by atoms with E-state index in [1.165, 1.54) is 11.1 Å². The quantitative estimate of drug-likeness (QED) is 0.820. The van der Waals surface area contributed by atoms with Crippen molar-refractivity contribution in [3.05, 3.63) is 84.4 Å². The first kappa shape index (κ1) is 16.0. The third kappa shape index (κ3) is 3.24. The Morgan fingerprint density at radius 2 is 1.65 bits per heavy atom. The minimum atomic E-state index is -0.742. The molecule has 2 nitrogen and oxygen atoms in total. The highest BCUT2D eigenvalue weighted by atomic mass is 16.3. The van der Waals surface area contributed by atoms with E-state index >= 15 is 0 Å². The molecule has 0 bridgehead atoms. The lowest BCUT2D eigenvalue weighted by molar-refractivity contribution is -0.0654. The van der Waals surface area contributed by atoms with Gasteiger partial charge >= 0.3 is 0 Å². The Balaban J connectivity index is 1.97. The molecule has 0 aliphatic carbocycles. The minimum Gasteiger partial charge on any atom is -0.389 e. The van der Waals surface area contributed by atoms with Gasteiger partial charge in [-0.05, 0) is 24.0 Å². The molecule has 1 fully saturated rings. The number of hydrogen-bond acceptors (Lipinski definition) is 2. The third-order valence-electron chi connectivity index (χ3n) is 5.14. The summed E-state index contributed by atoms with van der Waals surface area (Å²) in [7, 11) is 0. The van der Waals surface area contributed by atoms with Crippen molar-refractivity contribution < 1.29 is 5.11 Å². The summed E-state index contributed by atoms with van der Waals surface area (Å²) in [5.41, 5.74) is 1.71. The second-order valence-electron chi connectivity index (χ2n) is 6.61. The molecule has 2 heteroatoms. The van der Waals surface area contributed by atoms with Crippen LogP contribution in [0.15, 0.2) is 73.3 Å². The Morgan fingerprint density at radius 3 is 2.22 bits per heavy atom. The summed E-state index contributed by atoms with van der Waals surface area (Å²) in [5, 5.41) is 15.0. The molecule has 2 aromatic carbocycles. The molecule has 4 unspecified atom stereocenters. The maximum Gasteiger partial charge on any atom is 0.0743 e. The monoisotopic (exact) mass is 307 g/mol. The molecule has 2 aromatic rings. The minimum absolute atomic E-state index is 0.114. The van der Waals surface area contributed by atoms with Crippen molar-refractivity contribution in [3.63, 3.8) is 0 Å². The molecular formula is C21H25NO. The van der Waals surface area contributed by atoms with Crippen molar-refractivity contribution in [1.29, 1.82) is 0 Å². The van der Waals surface area contributed by atoms with Crippen LogP contribution in [0.25, 0.3) is 0 Å². The van der Waals surface area contributed by atoms with E-state index in [1.54, 1.807) is 0 Å². The number of benzene rings is 2. The van der Waals surface area contributed by atoms with Crippen LogP contribution < -0.4 is 5.32 Å². The van der Waals surface area contributed by atoms with E-state index in [4.69, 9.17) is 0 Å². The summed E-state index contributed by atoms with van der Waals surface area (Å²) in [6.07, 6.45) is 3.15. The van der Waals surface area contributed by atoms with Crippen LogP contribution in [-0.2, 0) is 0 Å². The van der Waals surface area contributed by atoms with Gasteiger partial charge in [0.05, 0.1) is 5.60 Å². The summed E-state index contributed by atoms with van der Waals surface area (Å²) >= 11 is 0. The fourth-order valence-electron chi connectivity index (χ4n) is 3.73. The molecule has 0 spiro atoms. The predicted octanol–water partition coefficient (Wildman–Crippen LogP) is 4.41. The summed E-state index contributed by atoms with van der Waals surface area (Å²) in [6.45, 7) is 5.98. The van der Waals surface area contributed by atoms with Crippen LogP contribution in [-0.4, -0.2) is 10.7 Å². The maximum absolute atomic E-state index is 11.3. The van der Waals surface area contributed by atoms with Crippen LogP contribution in [0.3, 0.4) is 0 Å². The van der Waals surface area contributed by atoms with Crippen LogP contribution in [0.1, 0.15) is 43.0 Å². The number of hydrogen-bond donors (Lipinski definition) is 2. The van der Waals surface area contributed by atoms with Crippen LogP contribution >= 0.6 is 0 Å². The zero-order chi connectivity index (χ0) is 16.3. The summed E-state index contributed by atoms with van der Waals surface area (Å²) in [4.78, 5) is 0. The third-order valence-corrected chi connectivity index (χ3v) is 5.14. The smallest absolute Gasteiger partial charge is 0.0743 e. The highest BCUT2D eigenvalue weighted by Gasteiger charge is 2.45. The maximum atomic E-state index is 11.3. The molecule has 1 aliphatic rings. The number of piperidine rings is 1. The van der Waals surface area contributed by atoms with E-state index in [0.29, 0.717) is 12.8 Å². The Morgan fingerprint density at radius 1 is 1.09 bits per heavy atom. The standard InChI is InChI=1S/C21H25NO/c1-3-14-21(23)15-19(17-10-6-4-7-11-17)22-20(16(21)2)18-12-8-5-9-13-18/h3-13,16,19-20,22-23H,1,14-15H2,2H3. The van der Waals surface area contributed by atoms with Gasteiger partial charge in [-0.3, -0.25) is 0 Å². The molecular weight excluding hydrogens is 282 g/mol. The molecule has 1 saturated heterocycles. The SMILES string of the molecule is C=CCC1(O)CC(c2ccccc2)NC(c2ccccc2)C1C. The van der Waals surface area contributed by atoms with Crippen LogP contribution in [0.4, 0.5) is 0 Å². The van der Waals surface area contributed by atoms with Gasteiger partial charge in [-0.1, -0.05) is 73.7 Å². The Labute approximate surface area is 138 Å². The molecule has 23 heavy (non-hydrogen) atoms.